The minimum Gasteiger partial charge on any atom is -0.334 e. The lowest BCUT2D eigenvalue weighted by Gasteiger charge is -2.29. The van der Waals surface area contributed by atoms with Crippen LogP contribution < -0.4 is 0 Å². The summed E-state index contributed by atoms with van der Waals surface area (Å²) in [5.74, 6) is -0.258. The minimum atomic E-state index is -0.259. The Morgan fingerprint density at radius 3 is 2.27 bits per heavy atom. The second kappa shape index (κ2) is 6.61. The van der Waals surface area contributed by atoms with Gasteiger partial charge in [-0.15, -0.1) is 0 Å². The quantitative estimate of drug-likeness (QED) is 0.760. The number of amides is 1. The lowest BCUT2D eigenvalue weighted by Crippen LogP contribution is -2.41. The summed E-state index contributed by atoms with van der Waals surface area (Å²) < 4.78 is 13.9. The first kappa shape index (κ1) is 15.2. The van der Waals surface area contributed by atoms with Gasteiger partial charge in [-0.3, -0.25) is 4.79 Å². The van der Waals surface area contributed by atoms with E-state index in [0.717, 1.165) is 12.8 Å². The molecule has 1 amide bonds. The van der Waals surface area contributed by atoms with Gasteiger partial charge in [-0.05, 0) is 30.0 Å². The molecule has 0 fully saturated rings. The summed E-state index contributed by atoms with van der Waals surface area (Å²) in [6.07, 6.45) is 1.67. The van der Waals surface area contributed by atoms with Crippen LogP contribution in [0, 0.1) is 5.82 Å². The maximum absolute atomic E-state index is 13.9. The Kier molecular flexibility index (Phi) is 4.57. The number of hydrogen-bond acceptors (Lipinski definition) is 1. The van der Waals surface area contributed by atoms with Crippen molar-refractivity contribution in [3.8, 4) is 0 Å². The van der Waals surface area contributed by atoms with E-state index < -0.39 is 0 Å². The molecule has 114 valence electrons. The zero-order chi connectivity index (χ0) is 15.5. The van der Waals surface area contributed by atoms with Crippen LogP contribution in [-0.4, -0.2) is 22.2 Å². The van der Waals surface area contributed by atoms with Crippen LogP contribution in [0.3, 0.4) is 0 Å². The van der Waals surface area contributed by atoms with Gasteiger partial charge in [0.2, 0.25) is 5.91 Å². The normalized spacial score (nSPS) is 13.9. The molecule has 0 aliphatic heterocycles. The number of carbonyl (C=O) groups is 1. The molecule has 1 aliphatic rings. The second-order valence-electron chi connectivity index (χ2n) is 5.58. The fourth-order valence-corrected chi connectivity index (χ4v) is 3.39. The summed E-state index contributed by atoms with van der Waals surface area (Å²) in [6.45, 7) is 0.315. The van der Waals surface area contributed by atoms with Crippen LogP contribution in [0.1, 0.15) is 16.7 Å². The molecule has 2 aromatic rings. The van der Waals surface area contributed by atoms with Gasteiger partial charge >= 0.3 is 0 Å². The Morgan fingerprint density at radius 1 is 1.09 bits per heavy atom. The first-order valence-electron chi connectivity index (χ1n) is 7.34. The average Bonchev–Trinajstić information content (AvgIpc) is 2.97. The third kappa shape index (κ3) is 3.07. The van der Waals surface area contributed by atoms with E-state index in [0.29, 0.717) is 12.1 Å². The zero-order valence-electron chi connectivity index (χ0n) is 12.1. The van der Waals surface area contributed by atoms with E-state index >= 15 is 0 Å². The summed E-state index contributed by atoms with van der Waals surface area (Å²) in [5, 5.41) is 0.258. The molecule has 0 unspecified atom stereocenters. The standard InChI is InChI=1S/C18H17BrFNO/c19-11-18(22)21(12-15-7-3-4-8-17(15)20)16-9-13-5-1-2-6-14(13)10-16/h1-8,16H,9-12H2. The van der Waals surface area contributed by atoms with E-state index in [2.05, 4.69) is 28.1 Å². The molecule has 22 heavy (non-hydrogen) atoms. The molecule has 0 bridgehead atoms. The van der Waals surface area contributed by atoms with Crippen molar-refractivity contribution in [3.05, 3.63) is 71.0 Å². The number of hydrogen-bond donors (Lipinski definition) is 0. The predicted molar refractivity (Wildman–Crippen MR) is 88.4 cm³/mol. The molecule has 0 aromatic heterocycles. The van der Waals surface area contributed by atoms with Crippen LogP contribution in [-0.2, 0) is 24.2 Å². The van der Waals surface area contributed by atoms with Crippen molar-refractivity contribution in [1.82, 2.24) is 4.90 Å². The molecule has 0 N–H and O–H groups in total. The van der Waals surface area contributed by atoms with E-state index in [1.807, 2.05) is 12.1 Å². The van der Waals surface area contributed by atoms with Crippen LogP contribution >= 0.6 is 15.9 Å². The van der Waals surface area contributed by atoms with Crippen LogP contribution in [0.5, 0.6) is 0 Å². The largest absolute Gasteiger partial charge is 0.334 e. The highest BCUT2D eigenvalue weighted by Crippen LogP contribution is 2.27. The van der Waals surface area contributed by atoms with Crippen molar-refractivity contribution >= 4 is 21.8 Å². The third-order valence-corrected chi connectivity index (χ3v) is 4.68. The summed E-state index contributed by atoms with van der Waals surface area (Å²) >= 11 is 3.24. The van der Waals surface area contributed by atoms with E-state index in [9.17, 15) is 9.18 Å². The molecule has 2 nitrogen and oxygen atoms in total. The number of fused-ring (bicyclic) bond motifs is 1. The van der Waals surface area contributed by atoms with Gasteiger partial charge in [0.05, 0.1) is 5.33 Å². The molecular formula is C18H17BrFNO. The van der Waals surface area contributed by atoms with Gasteiger partial charge in [-0.2, -0.15) is 0 Å². The second-order valence-corrected chi connectivity index (χ2v) is 6.14. The molecule has 0 atom stereocenters. The van der Waals surface area contributed by atoms with E-state index in [1.165, 1.54) is 17.2 Å². The maximum Gasteiger partial charge on any atom is 0.233 e. The molecule has 0 spiro atoms. The van der Waals surface area contributed by atoms with Crippen LogP contribution in [0.25, 0.3) is 0 Å². The fraction of sp³-hybridized carbons (Fsp3) is 0.278. The fourth-order valence-electron chi connectivity index (χ4n) is 3.06. The van der Waals surface area contributed by atoms with E-state index in [1.54, 1.807) is 23.1 Å². The molecule has 0 radical (unpaired) electrons. The summed E-state index contributed by atoms with van der Waals surface area (Å²) in [7, 11) is 0. The highest BCUT2D eigenvalue weighted by Gasteiger charge is 2.29. The van der Waals surface area contributed by atoms with E-state index in [4.69, 9.17) is 0 Å². The number of halogens is 2. The molecule has 0 saturated heterocycles. The first-order valence-corrected chi connectivity index (χ1v) is 8.47. The monoisotopic (exact) mass is 361 g/mol. The minimum absolute atomic E-state index is 0.000981. The summed E-state index contributed by atoms with van der Waals surface area (Å²) in [5.41, 5.74) is 3.13. The van der Waals surface area contributed by atoms with Gasteiger partial charge in [0.15, 0.2) is 0 Å². The highest BCUT2D eigenvalue weighted by molar-refractivity contribution is 9.09. The van der Waals surface area contributed by atoms with Crippen molar-refractivity contribution in [3.63, 3.8) is 0 Å². The molecule has 1 aliphatic carbocycles. The number of carbonyl (C=O) groups excluding carboxylic acids is 1. The van der Waals surface area contributed by atoms with Crippen LogP contribution in [0.4, 0.5) is 4.39 Å². The van der Waals surface area contributed by atoms with Crippen molar-refractivity contribution in [2.24, 2.45) is 0 Å². The summed E-state index contributed by atoms with van der Waals surface area (Å²) in [6, 6.07) is 15.0. The molecule has 0 saturated carbocycles. The third-order valence-electron chi connectivity index (χ3n) is 4.20. The van der Waals surface area contributed by atoms with Crippen LogP contribution in [0.2, 0.25) is 0 Å². The van der Waals surface area contributed by atoms with Gasteiger partial charge in [-0.25, -0.2) is 4.39 Å². The number of nitrogens with zero attached hydrogens (tertiary/aromatic N) is 1. The van der Waals surface area contributed by atoms with Crippen LogP contribution in [0.15, 0.2) is 48.5 Å². The highest BCUT2D eigenvalue weighted by atomic mass is 79.9. The van der Waals surface area contributed by atoms with Gasteiger partial charge in [0.25, 0.3) is 0 Å². The average molecular weight is 362 g/mol. The Bertz CT molecular complexity index is 663. The smallest absolute Gasteiger partial charge is 0.233 e. The van der Waals surface area contributed by atoms with E-state index in [-0.39, 0.29) is 23.1 Å². The first-order chi connectivity index (χ1) is 10.7. The van der Waals surface area contributed by atoms with Crippen molar-refractivity contribution < 1.29 is 9.18 Å². The predicted octanol–water partition coefficient (Wildman–Crippen LogP) is 3.72. The Balaban J connectivity index is 1.83. The van der Waals surface area contributed by atoms with Gasteiger partial charge < -0.3 is 4.90 Å². The SMILES string of the molecule is O=C(CBr)N(Cc1ccccc1F)C1Cc2ccccc2C1. The Morgan fingerprint density at radius 2 is 1.68 bits per heavy atom. The van der Waals surface area contributed by atoms with Crippen molar-refractivity contribution in [2.75, 3.05) is 5.33 Å². The zero-order valence-corrected chi connectivity index (χ0v) is 13.7. The number of benzene rings is 2. The Labute approximate surface area is 138 Å². The topological polar surface area (TPSA) is 20.3 Å². The molecule has 2 aromatic carbocycles. The molecular weight excluding hydrogens is 345 g/mol. The lowest BCUT2D eigenvalue weighted by molar-refractivity contribution is -0.131. The molecule has 0 heterocycles. The van der Waals surface area contributed by atoms with Gasteiger partial charge in [-0.1, -0.05) is 58.4 Å². The van der Waals surface area contributed by atoms with Crippen molar-refractivity contribution in [2.45, 2.75) is 25.4 Å². The Hall–Kier alpha value is -1.68. The summed E-state index contributed by atoms with van der Waals surface area (Å²) in [4.78, 5) is 14.1. The van der Waals surface area contributed by atoms with Crippen molar-refractivity contribution in [1.29, 1.82) is 0 Å². The number of alkyl halides is 1. The molecule has 4 heteroatoms. The number of rotatable bonds is 4. The molecule has 3 rings (SSSR count). The van der Waals surface area contributed by atoms with Gasteiger partial charge in [0.1, 0.15) is 5.82 Å². The van der Waals surface area contributed by atoms with Gasteiger partial charge in [0, 0.05) is 18.2 Å². The lowest BCUT2D eigenvalue weighted by atomic mass is 10.1. The maximum atomic E-state index is 13.9.